The minimum atomic E-state index is -0.336. The summed E-state index contributed by atoms with van der Waals surface area (Å²) in [6, 6.07) is 0. The number of hydrogen-bond donors (Lipinski definition) is 1. The van der Waals surface area contributed by atoms with Gasteiger partial charge in [-0.1, -0.05) is 6.92 Å². The molecule has 2 saturated heterocycles. The van der Waals surface area contributed by atoms with Crippen LogP contribution in [0.1, 0.15) is 19.8 Å². The van der Waals surface area contributed by atoms with Gasteiger partial charge in [0, 0.05) is 6.54 Å². The smallest absolute Gasteiger partial charge is 0.411 e. The molecule has 1 unspecified atom stereocenters. The third-order valence-corrected chi connectivity index (χ3v) is 3.20. The molecule has 0 aromatic carbocycles. The Kier molecular flexibility index (Phi) is 3.11. The SMILES string of the molecule is CCN1CCCC1N1C[C@H](CO)OC1=O. The average molecular weight is 214 g/mol. The summed E-state index contributed by atoms with van der Waals surface area (Å²) in [6.45, 7) is 4.55. The van der Waals surface area contributed by atoms with Gasteiger partial charge in [-0.3, -0.25) is 9.80 Å². The van der Waals surface area contributed by atoms with Crippen LogP contribution in [0.25, 0.3) is 0 Å². The summed E-state index contributed by atoms with van der Waals surface area (Å²) in [5.74, 6) is 0. The molecule has 2 aliphatic heterocycles. The van der Waals surface area contributed by atoms with E-state index in [0.717, 1.165) is 25.9 Å². The molecule has 0 aromatic heterocycles. The van der Waals surface area contributed by atoms with Crippen LogP contribution in [0.2, 0.25) is 0 Å². The second-order valence-electron chi connectivity index (χ2n) is 4.09. The van der Waals surface area contributed by atoms with Crippen molar-refractivity contribution in [3.63, 3.8) is 0 Å². The van der Waals surface area contributed by atoms with E-state index in [1.54, 1.807) is 4.90 Å². The number of ether oxygens (including phenoxy) is 1. The Bertz CT molecular complexity index is 247. The van der Waals surface area contributed by atoms with E-state index in [4.69, 9.17) is 9.84 Å². The van der Waals surface area contributed by atoms with Crippen molar-refractivity contribution in [1.29, 1.82) is 0 Å². The van der Waals surface area contributed by atoms with Crippen LogP contribution in [-0.2, 0) is 4.74 Å². The maximum atomic E-state index is 11.6. The minimum Gasteiger partial charge on any atom is -0.442 e. The number of rotatable bonds is 3. The molecule has 0 saturated carbocycles. The average Bonchev–Trinajstić information content (AvgIpc) is 2.82. The van der Waals surface area contributed by atoms with E-state index in [0.29, 0.717) is 6.54 Å². The lowest BCUT2D eigenvalue weighted by Gasteiger charge is -2.29. The predicted octanol–water partition coefficient (Wildman–Crippen LogP) is 0.241. The zero-order valence-corrected chi connectivity index (χ0v) is 9.06. The molecule has 0 radical (unpaired) electrons. The molecular weight excluding hydrogens is 196 g/mol. The molecule has 2 fully saturated rings. The van der Waals surface area contributed by atoms with Crippen molar-refractivity contribution >= 4 is 6.09 Å². The largest absolute Gasteiger partial charge is 0.442 e. The topological polar surface area (TPSA) is 53.0 Å². The monoisotopic (exact) mass is 214 g/mol. The molecular formula is C10H18N2O3. The Morgan fingerprint density at radius 3 is 3.00 bits per heavy atom. The highest BCUT2D eigenvalue weighted by Crippen LogP contribution is 2.24. The first-order valence-corrected chi connectivity index (χ1v) is 5.58. The van der Waals surface area contributed by atoms with E-state index in [2.05, 4.69) is 11.8 Å². The first-order chi connectivity index (χ1) is 7.26. The van der Waals surface area contributed by atoms with Gasteiger partial charge in [0.25, 0.3) is 0 Å². The van der Waals surface area contributed by atoms with E-state index in [9.17, 15) is 4.79 Å². The number of carbonyl (C=O) groups is 1. The first kappa shape index (κ1) is 10.7. The molecule has 0 aromatic rings. The molecule has 0 aliphatic carbocycles. The summed E-state index contributed by atoms with van der Waals surface area (Å²) in [5, 5.41) is 8.95. The van der Waals surface area contributed by atoms with Gasteiger partial charge in [0.15, 0.2) is 0 Å². The van der Waals surface area contributed by atoms with Crippen LogP contribution >= 0.6 is 0 Å². The fraction of sp³-hybridized carbons (Fsp3) is 0.900. The highest BCUT2D eigenvalue weighted by Gasteiger charge is 2.39. The van der Waals surface area contributed by atoms with Crippen LogP contribution in [0.5, 0.6) is 0 Å². The minimum absolute atomic E-state index is 0.0823. The molecule has 86 valence electrons. The van der Waals surface area contributed by atoms with Gasteiger partial charge in [-0.15, -0.1) is 0 Å². The zero-order chi connectivity index (χ0) is 10.8. The number of amides is 1. The maximum absolute atomic E-state index is 11.6. The van der Waals surface area contributed by atoms with Gasteiger partial charge >= 0.3 is 6.09 Å². The van der Waals surface area contributed by atoms with Crippen LogP contribution < -0.4 is 0 Å². The molecule has 5 nitrogen and oxygen atoms in total. The van der Waals surface area contributed by atoms with Crippen molar-refractivity contribution in [3.05, 3.63) is 0 Å². The molecule has 1 amide bonds. The van der Waals surface area contributed by atoms with Crippen molar-refractivity contribution in [2.75, 3.05) is 26.2 Å². The highest BCUT2D eigenvalue weighted by atomic mass is 16.6. The predicted molar refractivity (Wildman–Crippen MR) is 54.3 cm³/mol. The number of aliphatic hydroxyl groups is 1. The molecule has 2 rings (SSSR count). The van der Waals surface area contributed by atoms with Crippen LogP contribution in [-0.4, -0.2) is 59.5 Å². The molecule has 1 N–H and O–H groups in total. The number of cyclic esters (lactones) is 1. The molecule has 5 heteroatoms. The normalized spacial score (nSPS) is 32.4. The zero-order valence-electron chi connectivity index (χ0n) is 9.06. The van der Waals surface area contributed by atoms with Gasteiger partial charge in [-0.25, -0.2) is 4.79 Å². The lowest BCUT2D eigenvalue weighted by molar-refractivity contribution is 0.0875. The van der Waals surface area contributed by atoms with Crippen LogP contribution in [0.4, 0.5) is 4.79 Å². The van der Waals surface area contributed by atoms with Gasteiger partial charge in [-0.2, -0.15) is 0 Å². The van der Waals surface area contributed by atoms with E-state index in [1.807, 2.05) is 0 Å². The Morgan fingerprint density at radius 1 is 1.60 bits per heavy atom. The standard InChI is InChI=1S/C10H18N2O3/c1-2-11-5-3-4-9(11)12-6-8(7-13)15-10(12)14/h8-9,13H,2-7H2,1H3/t8-,9?/m1/s1. The highest BCUT2D eigenvalue weighted by molar-refractivity contribution is 5.70. The number of aliphatic hydroxyl groups excluding tert-OH is 1. The van der Waals surface area contributed by atoms with E-state index >= 15 is 0 Å². The summed E-state index contributed by atoms with van der Waals surface area (Å²) < 4.78 is 5.04. The Balaban J connectivity index is 2.01. The summed E-state index contributed by atoms with van der Waals surface area (Å²) >= 11 is 0. The summed E-state index contributed by atoms with van der Waals surface area (Å²) in [6.07, 6.45) is 1.71. The number of likely N-dealkylation sites (tertiary alicyclic amines) is 1. The Hall–Kier alpha value is -0.810. The second-order valence-corrected chi connectivity index (χ2v) is 4.09. The molecule has 2 aliphatic rings. The third kappa shape index (κ3) is 1.94. The summed E-state index contributed by atoms with van der Waals surface area (Å²) in [5.41, 5.74) is 0. The van der Waals surface area contributed by atoms with Crippen molar-refractivity contribution in [3.8, 4) is 0 Å². The van der Waals surface area contributed by atoms with Gasteiger partial charge in [0.05, 0.1) is 19.3 Å². The van der Waals surface area contributed by atoms with Crippen LogP contribution in [0, 0.1) is 0 Å². The van der Waals surface area contributed by atoms with Gasteiger partial charge in [0.2, 0.25) is 0 Å². The fourth-order valence-electron chi connectivity index (χ4n) is 2.41. The molecule has 0 bridgehead atoms. The summed E-state index contributed by atoms with van der Waals surface area (Å²) in [7, 11) is 0. The number of hydrogen-bond acceptors (Lipinski definition) is 4. The summed E-state index contributed by atoms with van der Waals surface area (Å²) in [4.78, 5) is 15.6. The lowest BCUT2D eigenvalue weighted by atomic mass is 10.3. The third-order valence-electron chi connectivity index (χ3n) is 3.20. The van der Waals surface area contributed by atoms with Gasteiger partial charge in [0.1, 0.15) is 6.10 Å². The second kappa shape index (κ2) is 4.37. The van der Waals surface area contributed by atoms with Crippen LogP contribution in [0.15, 0.2) is 0 Å². The number of carbonyl (C=O) groups excluding carboxylic acids is 1. The molecule has 2 heterocycles. The van der Waals surface area contributed by atoms with Gasteiger partial charge in [-0.05, 0) is 19.4 Å². The molecule has 2 atom stereocenters. The Labute approximate surface area is 89.6 Å². The van der Waals surface area contributed by atoms with Crippen LogP contribution in [0.3, 0.4) is 0 Å². The first-order valence-electron chi connectivity index (χ1n) is 5.58. The fourth-order valence-corrected chi connectivity index (χ4v) is 2.41. The van der Waals surface area contributed by atoms with E-state index in [1.165, 1.54) is 0 Å². The van der Waals surface area contributed by atoms with E-state index < -0.39 is 0 Å². The van der Waals surface area contributed by atoms with Crippen molar-refractivity contribution < 1.29 is 14.6 Å². The quantitative estimate of drug-likeness (QED) is 0.731. The van der Waals surface area contributed by atoms with Crippen molar-refractivity contribution in [1.82, 2.24) is 9.80 Å². The molecule has 0 spiro atoms. The maximum Gasteiger partial charge on any atom is 0.411 e. The Morgan fingerprint density at radius 2 is 2.40 bits per heavy atom. The van der Waals surface area contributed by atoms with Gasteiger partial charge < -0.3 is 9.84 Å². The van der Waals surface area contributed by atoms with E-state index in [-0.39, 0.29) is 25.0 Å². The number of nitrogens with zero attached hydrogens (tertiary/aromatic N) is 2. The van der Waals surface area contributed by atoms with Crippen molar-refractivity contribution in [2.45, 2.75) is 32.0 Å². The lowest BCUT2D eigenvalue weighted by Crippen LogP contribution is -2.45. The van der Waals surface area contributed by atoms with Crippen molar-refractivity contribution in [2.24, 2.45) is 0 Å². The molecule has 15 heavy (non-hydrogen) atoms.